The zero-order valence-corrected chi connectivity index (χ0v) is 12.4. The van der Waals surface area contributed by atoms with Crippen LogP contribution in [-0.2, 0) is 14.6 Å². The highest BCUT2D eigenvalue weighted by Crippen LogP contribution is 2.41. The molecule has 1 saturated carbocycles. The van der Waals surface area contributed by atoms with E-state index in [2.05, 4.69) is 19.2 Å². The van der Waals surface area contributed by atoms with Gasteiger partial charge in [-0.05, 0) is 38.1 Å². The predicted octanol–water partition coefficient (Wildman–Crippen LogP) is 1.36. The first kappa shape index (κ1) is 14.3. The van der Waals surface area contributed by atoms with Crippen LogP contribution in [0, 0.1) is 5.41 Å². The van der Waals surface area contributed by atoms with E-state index in [1.807, 2.05) is 7.05 Å². The molecule has 106 valence electrons. The van der Waals surface area contributed by atoms with Crippen molar-refractivity contribution < 1.29 is 13.2 Å². The van der Waals surface area contributed by atoms with Gasteiger partial charge in [-0.3, -0.25) is 0 Å². The lowest BCUT2D eigenvalue weighted by molar-refractivity contribution is 0.127. The fraction of sp³-hybridized carbons (Fsp3) is 1.00. The van der Waals surface area contributed by atoms with Gasteiger partial charge in [0.15, 0.2) is 9.84 Å². The van der Waals surface area contributed by atoms with Gasteiger partial charge in [0.05, 0.1) is 17.1 Å². The van der Waals surface area contributed by atoms with Crippen molar-refractivity contribution in [2.75, 3.05) is 19.4 Å². The number of hydrogen-bond donors (Lipinski definition) is 1. The van der Waals surface area contributed by atoms with Crippen LogP contribution >= 0.6 is 0 Å². The molecule has 0 aromatic rings. The van der Waals surface area contributed by atoms with Gasteiger partial charge in [0, 0.05) is 12.6 Å². The molecule has 2 rings (SSSR count). The standard InChI is InChI=1S/C13H25NO3S/c1-13(2)7-6-11(12(13)14-3)18(15,16)9-10-5-4-8-17-10/h10-12,14H,4-9H2,1-3H3. The highest BCUT2D eigenvalue weighted by molar-refractivity contribution is 7.92. The summed E-state index contributed by atoms with van der Waals surface area (Å²) in [6, 6.07) is 0.0592. The molecule has 5 heteroatoms. The van der Waals surface area contributed by atoms with E-state index < -0.39 is 9.84 Å². The molecule has 1 aliphatic heterocycles. The third kappa shape index (κ3) is 2.73. The maximum absolute atomic E-state index is 12.5. The number of ether oxygens (including phenoxy) is 1. The first-order chi connectivity index (χ1) is 8.37. The summed E-state index contributed by atoms with van der Waals surface area (Å²) >= 11 is 0. The van der Waals surface area contributed by atoms with Crippen LogP contribution in [0.15, 0.2) is 0 Å². The molecular formula is C13H25NO3S. The van der Waals surface area contributed by atoms with Gasteiger partial charge >= 0.3 is 0 Å². The maximum Gasteiger partial charge on any atom is 0.157 e. The lowest BCUT2D eigenvalue weighted by Gasteiger charge is -2.30. The number of hydrogen-bond acceptors (Lipinski definition) is 4. The molecule has 18 heavy (non-hydrogen) atoms. The zero-order valence-electron chi connectivity index (χ0n) is 11.6. The van der Waals surface area contributed by atoms with Crippen LogP contribution in [0.3, 0.4) is 0 Å². The fourth-order valence-corrected chi connectivity index (χ4v) is 5.89. The van der Waals surface area contributed by atoms with Crippen LogP contribution in [0.5, 0.6) is 0 Å². The van der Waals surface area contributed by atoms with Crippen LogP contribution in [0.1, 0.15) is 39.5 Å². The second kappa shape index (κ2) is 5.10. The Kier molecular flexibility index (Phi) is 4.04. The van der Waals surface area contributed by atoms with Gasteiger partial charge in [-0.2, -0.15) is 0 Å². The van der Waals surface area contributed by atoms with E-state index in [4.69, 9.17) is 4.74 Å². The van der Waals surface area contributed by atoms with Gasteiger partial charge in [-0.15, -0.1) is 0 Å². The number of sulfone groups is 1. The van der Waals surface area contributed by atoms with Gasteiger partial charge in [0.25, 0.3) is 0 Å². The van der Waals surface area contributed by atoms with E-state index in [-0.39, 0.29) is 28.6 Å². The average Bonchev–Trinajstić information content (AvgIpc) is 2.84. The molecule has 0 aromatic heterocycles. The Balaban J connectivity index is 2.09. The minimum absolute atomic E-state index is 0.0586. The minimum atomic E-state index is -3.06. The van der Waals surface area contributed by atoms with Gasteiger partial charge in [0.1, 0.15) is 0 Å². The van der Waals surface area contributed by atoms with Crippen molar-refractivity contribution in [3.63, 3.8) is 0 Å². The molecule has 1 saturated heterocycles. The van der Waals surface area contributed by atoms with E-state index in [0.29, 0.717) is 6.61 Å². The minimum Gasteiger partial charge on any atom is -0.377 e. The molecule has 1 aliphatic carbocycles. The molecule has 0 amide bonds. The molecule has 1 heterocycles. The molecule has 2 fully saturated rings. The number of rotatable bonds is 4. The Morgan fingerprint density at radius 3 is 2.61 bits per heavy atom. The molecule has 4 nitrogen and oxygen atoms in total. The van der Waals surface area contributed by atoms with Gasteiger partial charge in [-0.25, -0.2) is 8.42 Å². The van der Waals surface area contributed by atoms with Crippen molar-refractivity contribution >= 4 is 9.84 Å². The molecule has 2 aliphatic rings. The van der Waals surface area contributed by atoms with E-state index in [0.717, 1.165) is 25.7 Å². The summed E-state index contributed by atoms with van der Waals surface area (Å²) in [7, 11) is -1.20. The summed E-state index contributed by atoms with van der Waals surface area (Å²) in [6.07, 6.45) is 3.54. The van der Waals surface area contributed by atoms with Crippen LogP contribution < -0.4 is 5.32 Å². The summed E-state index contributed by atoms with van der Waals surface area (Å²) in [4.78, 5) is 0. The van der Waals surface area contributed by atoms with Crippen LogP contribution in [0.4, 0.5) is 0 Å². The maximum atomic E-state index is 12.5. The highest BCUT2D eigenvalue weighted by atomic mass is 32.2. The lowest BCUT2D eigenvalue weighted by Crippen LogP contribution is -2.47. The molecule has 1 N–H and O–H groups in total. The molecular weight excluding hydrogens is 250 g/mol. The second-order valence-corrected chi connectivity index (χ2v) is 8.56. The molecule has 3 unspecified atom stereocenters. The van der Waals surface area contributed by atoms with Crippen LogP contribution in [0.2, 0.25) is 0 Å². The first-order valence-corrected chi connectivity index (χ1v) is 8.59. The molecule has 3 atom stereocenters. The summed E-state index contributed by atoms with van der Waals surface area (Å²) in [6.45, 7) is 5.01. The highest BCUT2D eigenvalue weighted by Gasteiger charge is 2.47. The van der Waals surface area contributed by atoms with Crippen LogP contribution in [0.25, 0.3) is 0 Å². The monoisotopic (exact) mass is 275 g/mol. The van der Waals surface area contributed by atoms with Crippen molar-refractivity contribution in [3.05, 3.63) is 0 Å². The summed E-state index contributed by atoms with van der Waals surface area (Å²) in [5, 5.41) is 2.97. The van der Waals surface area contributed by atoms with E-state index >= 15 is 0 Å². The van der Waals surface area contributed by atoms with Crippen molar-refractivity contribution in [2.24, 2.45) is 5.41 Å². The van der Waals surface area contributed by atoms with Crippen molar-refractivity contribution in [1.29, 1.82) is 0 Å². The smallest absolute Gasteiger partial charge is 0.157 e. The largest absolute Gasteiger partial charge is 0.377 e. The Hall–Kier alpha value is -0.130. The molecule has 0 spiro atoms. The van der Waals surface area contributed by atoms with Crippen LogP contribution in [-0.4, -0.2) is 45.2 Å². The fourth-order valence-electron chi connectivity index (χ4n) is 3.46. The number of nitrogens with one attached hydrogen (secondary N) is 1. The molecule has 0 radical (unpaired) electrons. The van der Waals surface area contributed by atoms with E-state index in [1.165, 1.54) is 0 Å². The Morgan fingerprint density at radius 2 is 2.06 bits per heavy atom. The molecule has 0 aromatic carbocycles. The first-order valence-electron chi connectivity index (χ1n) is 6.87. The van der Waals surface area contributed by atoms with E-state index in [1.54, 1.807) is 0 Å². The third-order valence-electron chi connectivity index (χ3n) is 4.50. The predicted molar refractivity (Wildman–Crippen MR) is 72.4 cm³/mol. The second-order valence-electron chi connectivity index (χ2n) is 6.30. The summed E-state index contributed by atoms with van der Waals surface area (Å²) in [5.74, 6) is 0.200. The van der Waals surface area contributed by atoms with Gasteiger partial charge in [-0.1, -0.05) is 13.8 Å². The lowest BCUT2D eigenvalue weighted by atomic mass is 9.87. The zero-order chi connectivity index (χ0) is 13.4. The normalized spacial score (nSPS) is 36.1. The Bertz CT molecular complexity index is 385. The van der Waals surface area contributed by atoms with E-state index in [9.17, 15) is 8.42 Å². The topological polar surface area (TPSA) is 55.4 Å². The Labute approximate surface area is 110 Å². The third-order valence-corrected chi connectivity index (χ3v) is 6.77. The van der Waals surface area contributed by atoms with Gasteiger partial charge < -0.3 is 10.1 Å². The van der Waals surface area contributed by atoms with Crippen molar-refractivity contribution in [2.45, 2.75) is 56.9 Å². The Morgan fingerprint density at radius 1 is 1.33 bits per heavy atom. The summed E-state index contributed by atoms with van der Waals surface area (Å²) < 4.78 is 30.5. The van der Waals surface area contributed by atoms with Gasteiger partial charge in [0.2, 0.25) is 0 Å². The average molecular weight is 275 g/mol. The quantitative estimate of drug-likeness (QED) is 0.841. The van der Waals surface area contributed by atoms with Crippen molar-refractivity contribution in [1.82, 2.24) is 5.32 Å². The van der Waals surface area contributed by atoms with Crippen molar-refractivity contribution in [3.8, 4) is 0 Å². The SMILES string of the molecule is CNC1C(S(=O)(=O)CC2CCCO2)CCC1(C)C. The molecule has 0 bridgehead atoms. The summed E-state index contributed by atoms with van der Waals surface area (Å²) in [5.41, 5.74) is 0.0586.